The number of anilines is 3. The van der Waals surface area contributed by atoms with E-state index in [9.17, 15) is 48.3 Å². The molecule has 0 fully saturated rings. The molecule has 21 N–H and O–H groups in total. The number of carbonyl (C=O) groups excluding carboxylic acids is 8. The van der Waals surface area contributed by atoms with Gasteiger partial charge in [0.2, 0.25) is 41.4 Å². The number of carbonyl (C=O) groups is 8. The van der Waals surface area contributed by atoms with Gasteiger partial charge < -0.3 is 91.2 Å². The fourth-order valence-electron chi connectivity index (χ4n) is 13.0. The summed E-state index contributed by atoms with van der Waals surface area (Å²) in [5.41, 5.74) is 37.4. The monoisotopic (exact) mass is 1580 g/mol. The third-order valence-corrected chi connectivity index (χ3v) is 21.0. The number of benzene rings is 1. The lowest BCUT2D eigenvalue weighted by Crippen LogP contribution is -2.60. The summed E-state index contributed by atoms with van der Waals surface area (Å²) in [4.78, 5) is 136. The minimum Gasteiger partial charge on any atom is -0.462 e. The normalized spacial score (nSPS) is 13.3. The van der Waals surface area contributed by atoms with Crippen LogP contribution in [0.25, 0.3) is 11.2 Å². The van der Waals surface area contributed by atoms with Crippen molar-refractivity contribution in [2.45, 2.75) is 339 Å². The SMILES string of the molecule is CCCCCCCCCCCCCCCC(=O)OCC(CSCC(N)C(=O)NC(CO)C(=O)NC(CCCCN)C(=O)NC(CCCCN)C(=O)NC(CCCCN)C(=O)NC(CCCCN)C(=O)Nc1ccc(Cn2c(=O)[nH]c3c(N)nc(NCCCC)nc32)cc1)OC(=O)CCCCCCCCCCCCCCC. The number of thioether (sulfide) groups is 1. The van der Waals surface area contributed by atoms with E-state index in [2.05, 4.69) is 72.9 Å². The Hall–Kier alpha value is -6.96. The van der Waals surface area contributed by atoms with Gasteiger partial charge in [-0.2, -0.15) is 21.7 Å². The minimum atomic E-state index is -1.57. The Bertz CT molecular complexity index is 3110. The maximum Gasteiger partial charge on any atom is 0.328 e. The number of nitrogens with two attached hydrogens (primary N) is 6. The minimum absolute atomic E-state index is 0.00714. The highest BCUT2D eigenvalue weighted by Crippen LogP contribution is 2.22. The molecule has 0 spiro atoms. The molecule has 7 atom stereocenters. The van der Waals surface area contributed by atoms with E-state index in [1.165, 1.54) is 132 Å². The molecule has 7 unspecified atom stereocenters. The zero-order valence-corrected chi connectivity index (χ0v) is 68.6. The molecule has 0 aliphatic heterocycles. The van der Waals surface area contributed by atoms with E-state index >= 15 is 0 Å². The first-order chi connectivity index (χ1) is 53.9. The average Bonchev–Trinajstić information content (AvgIpc) is 1.64. The van der Waals surface area contributed by atoms with Crippen molar-refractivity contribution >= 4 is 87.8 Å². The highest BCUT2D eigenvalue weighted by molar-refractivity contribution is 7.99. The van der Waals surface area contributed by atoms with Crippen LogP contribution in [0.15, 0.2) is 29.1 Å². The smallest absolute Gasteiger partial charge is 0.328 e. The molecule has 1 aromatic carbocycles. The Morgan fingerprint density at radius 1 is 0.486 bits per heavy atom. The summed E-state index contributed by atoms with van der Waals surface area (Å²) in [6.45, 7) is 7.42. The average molecular weight is 1580 g/mol. The van der Waals surface area contributed by atoms with Crippen molar-refractivity contribution in [3.05, 3.63) is 40.3 Å². The summed E-state index contributed by atoms with van der Waals surface area (Å²) in [5, 5.41) is 30.2. The third-order valence-electron chi connectivity index (χ3n) is 19.8. The summed E-state index contributed by atoms with van der Waals surface area (Å²) < 4.78 is 13.0. The molecular formula is C81H145N17O12S. The lowest BCUT2D eigenvalue weighted by molar-refractivity contribution is -0.157. The van der Waals surface area contributed by atoms with Crippen molar-refractivity contribution in [2.24, 2.45) is 28.7 Å². The highest BCUT2D eigenvalue weighted by atomic mass is 32.2. The molecule has 3 aromatic rings. The summed E-state index contributed by atoms with van der Waals surface area (Å²) >= 11 is 1.20. The number of aliphatic hydroxyl groups is 1. The van der Waals surface area contributed by atoms with Gasteiger partial charge >= 0.3 is 17.6 Å². The molecule has 2 aromatic heterocycles. The molecule has 0 radical (unpaired) electrons. The second-order valence-electron chi connectivity index (χ2n) is 29.7. The second kappa shape index (κ2) is 62.5. The molecule has 29 nitrogen and oxygen atoms in total. The van der Waals surface area contributed by atoms with Crippen LogP contribution in [0.5, 0.6) is 0 Å². The predicted molar refractivity (Wildman–Crippen MR) is 445 cm³/mol. The van der Waals surface area contributed by atoms with Gasteiger partial charge in [0.1, 0.15) is 48.4 Å². The topological polar surface area (TPSA) is 479 Å². The van der Waals surface area contributed by atoms with E-state index in [4.69, 9.17) is 43.9 Å². The van der Waals surface area contributed by atoms with Crippen LogP contribution in [0.2, 0.25) is 0 Å². The number of nitrogens with zero attached hydrogens (tertiary/aromatic N) is 3. The molecule has 0 bridgehead atoms. The molecule has 6 amide bonds. The van der Waals surface area contributed by atoms with E-state index in [-0.39, 0.29) is 88.1 Å². The summed E-state index contributed by atoms with van der Waals surface area (Å²) in [5.74, 6) is -4.60. The van der Waals surface area contributed by atoms with Gasteiger partial charge in [0, 0.05) is 36.6 Å². The number of amides is 6. The van der Waals surface area contributed by atoms with Crippen LogP contribution >= 0.6 is 11.8 Å². The number of fused-ring (bicyclic) bond motifs is 1. The van der Waals surface area contributed by atoms with E-state index in [0.717, 1.165) is 51.4 Å². The number of esters is 2. The van der Waals surface area contributed by atoms with E-state index in [1.807, 2.05) is 0 Å². The van der Waals surface area contributed by atoms with E-state index in [1.54, 1.807) is 24.3 Å². The van der Waals surface area contributed by atoms with Crippen LogP contribution < -0.4 is 77.3 Å². The van der Waals surface area contributed by atoms with Crippen molar-refractivity contribution in [1.82, 2.24) is 46.1 Å². The Kier molecular flexibility index (Phi) is 55.3. The van der Waals surface area contributed by atoms with Gasteiger partial charge in [-0.3, -0.25) is 42.9 Å². The Morgan fingerprint density at radius 3 is 1.31 bits per heavy atom. The fourth-order valence-corrected chi connectivity index (χ4v) is 13.9. The second-order valence-corrected chi connectivity index (χ2v) is 30.7. The highest BCUT2D eigenvalue weighted by Gasteiger charge is 2.33. The number of aliphatic hydroxyl groups excluding tert-OH is 1. The lowest BCUT2D eigenvalue weighted by atomic mass is 10.0. The fraction of sp³-hybridized carbons (Fsp3) is 0.765. The van der Waals surface area contributed by atoms with Crippen LogP contribution in [0.1, 0.15) is 296 Å². The van der Waals surface area contributed by atoms with Gasteiger partial charge in [0.15, 0.2) is 11.5 Å². The number of aromatic nitrogens is 4. The van der Waals surface area contributed by atoms with E-state index in [0.29, 0.717) is 112 Å². The number of nitrogens with one attached hydrogen (secondary N) is 8. The maximum absolute atomic E-state index is 14.5. The van der Waals surface area contributed by atoms with Crippen molar-refractivity contribution in [2.75, 3.05) is 73.8 Å². The number of H-pyrrole nitrogens is 1. The molecular weight excluding hydrogens is 1440 g/mol. The van der Waals surface area contributed by atoms with Crippen molar-refractivity contribution in [1.29, 1.82) is 0 Å². The molecule has 0 saturated heterocycles. The maximum atomic E-state index is 14.5. The zero-order chi connectivity index (χ0) is 81.1. The molecule has 0 saturated carbocycles. The van der Waals surface area contributed by atoms with Crippen LogP contribution in [0.3, 0.4) is 0 Å². The number of ether oxygens (including phenoxy) is 2. The van der Waals surface area contributed by atoms with Crippen molar-refractivity contribution in [3.63, 3.8) is 0 Å². The van der Waals surface area contributed by atoms with Crippen LogP contribution in [0.4, 0.5) is 17.5 Å². The van der Waals surface area contributed by atoms with Crippen LogP contribution in [-0.2, 0) is 54.4 Å². The Morgan fingerprint density at radius 2 is 0.883 bits per heavy atom. The number of unbranched alkanes of at least 4 members (excludes halogenated alkanes) is 29. The number of rotatable bonds is 70. The van der Waals surface area contributed by atoms with Gasteiger partial charge in [0.05, 0.1) is 19.2 Å². The number of nitrogen functional groups attached to an aromatic ring is 1. The van der Waals surface area contributed by atoms with Gasteiger partial charge in [0.25, 0.3) is 0 Å². The first kappa shape index (κ1) is 98.2. The lowest BCUT2D eigenvalue weighted by Gasteiger charge is -2.27. The predicted octanol–water partition coefficient (Wildman–Crippen LogP) is 9.31. The summed E-state index contributed by atoms with van der Waals surface area (Å²) in [7, 11) is 0. The molecule has 0 aliphatic carbocycles. The van der Waals surface area contributed by atoms with Crippen molar-refractivity contribution < 1.29 is 52.9 Å². The molecule has 3 rings (SSSR count). The first-order valence-electron chi connectivity index (χ1n) is 42.4. The number of aromatic amines is 1. The van der Waals surface area contributed by atoms with Crippen LogP contribution in [0, 0.1) is 0 Å². The summed E-state index contributed by atoms with van der Waals surface area (Å²) in [6.07, 6.45) is 36.1. The van der Waals surface area contributed by atoms with Crippen LogP contribution in [-0.4, -0.2) is 172 Å². The first-order valence-corrected chi connectivity index (χ1v) is 43.5. The Labute approximate surface area is 665 Å². The van der Waals surface area contributed by atoms with Gasteiger partial charge in [-0.05, 0) is 140 Å². The molecule has 0 aliphatic rings. The number of hydrogen-bond acceptors (Lipinski definition) is 22. The quantitative estimate of drug-likeness (QED) is 0.0185. The number of imidazole rings is 1. The van der Waals surface area contributed by atoms with E-state index < -0.39 is 96.1 Å². The van der Waals surface area contributed by atoms with Gasteiger partial charge in [-0.25, -0.2) is 4.79 Å². The molecule has 2 heterocycles. The molecule has 30 heteroatoms. The molecule has 632 valence electrons. The number of hydrogen-bond donors (Lipinski definition) is 15. The summed E-state index contributed by atoms with van der Waals surface area (Å²) in [6, 6.07) is -0.801. The van der Waals surface area contributed by atoms with Gasteiger partial charge in [-0.15, -0.1) is 0 Å². The van der Waals surface area contributed by atoms with Gasteiger partial charge in [-0.1, -0.05) is 193 Å². The largest absolute Gasteiger partial charge is 0.462 e. The zero-order valence-electron chi connectivity index (χ0n) is 67.8. The standard InChI is InChI=1S/C81H145N17O12S/c1-4-7-10-12-14-16-18-20-22-24-26-28-30-44-69(100)109-57-62(110-70(101)45-31-29-27-25-23-21-19-17-15-13-11-8-5-2)58-111-59-63(86)74(102)94-68(56-99)79(107)93-67(43-35-39-53-85)78(106)92-66(42-34-38-52-84)77(105)91-65(41-33-37-51-83)76(104)90-64(40-32-36-50-82)75(103)89-61-48-46-60(47-49-61)55-98-73-71(95-81(98)108)72(87)96-80(97-73)88-54-9-6-3/h46-49,62-68,99H,4-45,50-59,82-86H2,1-3H3,(H,89,103)(H,90,104)(H,91,105)(H,92,106)(H,93,107)(H,94,102)(H,95,108)(H3,87,88,96,97). The third kappa shape index (κ3) is 43.8. The Balaban J connectivity index is 1.68. The van der Waals surface area contributed by atoms with Crippen molar-refractivity contribution in [3.8, 4) is 0 Å². The molecule has 111 heavy (non-hydrogen) atoms.